The minimum Gasteiger partial charge on any atom is -0.508 e. The van der Waals surface area contributed by atoms with Crippen LogP contribution in [0.3, 0.4) is 0 Å². The van der Waals surface area contributed by atoms with Crippen LogP contribution >= 0.6 is 0 Å². The standard InChI is InChI=1S/C23H27N3O2/c27-22-10-6-5-9-20(22)16-26-15-19-12-11-18(13-21(19)25-26)23(28)24-14-17-7-3-1-2-4-8-17/h5-6,9-13,15,17,27H,1-4,7-8,14,16H2,(H,24,28). The zero-order chi connectivity index (χ0) is 19.3. The third kappa shape index (κ3) is 4.35. The molecule has 146 valence electrons. The topological polar surface area (TPSA) is 67.2 Å². The third-order valence-corrected chi connectivity index (χ3v) is 5.67. The summed E-state index contributed by atoms with van der Waals surface area (Å²) in [4.78, 5) is 12.6. The lowest BCUT2D eigenvalue weighted by Crippen LogP contribution is -2.29. The summed E-state index contributed by atoms with van der Waals surface area (Å²) in [5.74, 6) is 0.843. The molecular formula is C23H27N3O2. The van der Waals surface area contributed by atoms with Crippen molar-refractivity contribution in [2.75, 3.05) is 6.54 Å². The summed E-state index contributed by atoms with van der Waals surface area (Å²) in [6, 6.07) is 12.9. The van der Waals surface area contributed by atoms with E-state index in [9.17, 15) is 9.90 Å². The second-order valence-electron chi connectivity index (χ2n) is 7.80. The minimum absolute atomic E-state index is 0.0265. The van der Waals surface area contributed by atoms with Crippen molar-refractivity contribution in [3.05, 3.63) is 59.8 Å². The Morgan fingerprint density at radius 2 is 1.89 bits per heavy atom. The maximum atomic E-state index is 12.6. The largest absolute Gasteiger partial charge is 0.508 e. The van der Waals surface area contributed by atoms with Gasteiger partial charge in [-0.3, -0.25) is 9.48 Å². The third-order valence-electron chi connectivity index (χ3n) is 5.67. The molecule has 1 aliphatic rings. The number of phenols is 1. The van der Waals surface area contributed by atoms with Gasteiger partial charge in [0.25, 0.3) is 5.91 Å². The molecule has 0 radical (unpaired) electrons. The molecule has 1 amide bonds. The predicted molar refractivity (Wildman–Crippen MR) is 110 cm³/mol. The maximum absolute atomic E-state index is 12.6. The van der Waals surface area contributed by atoms with E-state index in [1.165, 1.54) is 38.5 Å². The first-order valence-corrected chi connectivity index (χ1v) is 10.2. The van der Waals surface area contributed by atoms with Crippen LogP contribution in [-0.2, 0) is 6.54 Å². The first-order chi connectivity index (χ1) is 13.7. The van der Waals surface area contributed by atoms with Crippen molar-refractivity contribution in [2.45, 2.75) is 45.1 Å². The van der Waals surface area contributed by atoms with E-state index in [0.717, 1.165) is 23.0 Å². The van der Waals surface area contributed by atoms with Gasteiger partial charge in [0.1, 0.15) is 5.75 Å². The van der Waals surface area contributed by atoms with Gasteiger partial charge < -0.3 is 10.4 Å². The molecule has 2 aromatic carbocycles. The molecule has 0 aliphatic heterocycles. The Bertz CT molecular complexity index is 955. The lowest BCUT2D eigenvalue weighted by atomic mass is 10.0. The van der Waals surface area contributed by atoms with Crippen molar-refractivity contribution in [1.29, 1.82) is 0 Å². The van der Waals surface area contributed by atoms with Gasteiger partial charge in [-0.25, -0.2) is 0 Å². The lowest BCUT2D eigenvalue weighted by Gasteiger charge is -2.14. The van der Waals surface area contributed by atoms with Crippen LogP contribution in [-0.4, -0.2) is 27.3 Å². The number of hydrogen-bond acceptors (Lipinski definition) is 3. The van der Waals surface area contributed by atoms with Crippen LogP contribution in [0.1, 0.15) is 54.4 Å². The van der Waals surface area contributed by atoms with Gasteiger partial charge in [-0.2, -0.15) is 5.10 Å². The molecule has 28 heavy (non-hydrogen) atoms. The summed E-state index contributed by atoms with van der Waals surface area (Å²) in [5, 5.41) is 18.6. The normalized spacial score (nSPS) is 15.4. The Kier molecular flexibility index (Phi) is 5.60. The predicted octanol–water partition coefficient (Wildman–Crippen LogP) is 4.49. The number of benzene rings is 2. The molecular weight excluding hydrogens is 350 g/mol. The van der Waals surface area contributed by atoms with E-state index in [0.29, 0.717) is 18.0 Å². The molecule has 1 fully saturated rings. The van der Waals surface area contributed by atoms with Crippen LogP contribution in [0.15, 0.2) is 48.7 Å². The van der Waals surface area contributed by atoms with Gasteiger partial charge >= 0.3 is 0 Å². The highest BCUT2D eigenvalue weighted by molar-refractivity contribution is 5.97. The van der Waals surface area contributed by atoms with Gasteiger partial charge in [0, 0.05) is 29.3 Å². The monoisotopic (exact) mass is 377 g/mol. The number of hydrogen-bond donors (Lipinski definition) is 2. The average Bonchev–Trinajstić information content (AvgIpc) is 2.92. The highest BCUT2D eigenvalue weighted by Crippen LogP contribution is 2.23. The SMILES string of the molecule is O=C(NCC1CCCCCC1)c1ccc2cn(Cc3ccccc3O)nc2c1. The second-order valence-corrected chi connectivity index (χ2v) is 7.80. The number of aromatic nitrogens is 2. The summed E-state index contributed by atoms with van der Waals surface area (Å²) >= 11 is 0. The number of aromatic hydroxyl groups is 1. The van der Waals surface area contributed by atoms with Gasteiger partial charge in [-0.15, -0.1) is 0 Å². The fourth-order valence-electron chi connectivity index (χ4n) is 4.02. The first-order valence-electron chi connectivity index (χ1n) is 10.2. The van der Waals surface area contributed by atoms with Crippen LogP contribution in [0.25, 0.3) is 10.9 Å². The number of amides is 1. The number of rotatable bonds is 5. The van der Waals surface area contributed by atoms with E-state index in [-0.39, 0.29) is 11.7 Å². The minimum atomic E-state index is -0.0265. The van der Waals surface area contributed by atoms with Gasteiger partial charge in [0.2, 0.25) is 0 Å². The smallest absolute Gasteiger partial charge is 0.251 e. The number of fused-ring (bicyclic) bond motifs is 1. The van der Waals surface area contributed by atoms with Crippen molar-refractivity contribution in [1.82, 2.24) is 15.1 Å². The first kappa shape index (κ1) is 18.5. The molecule has 1 aromatic heterocycles. The molecule has 5 nitrogen and oxygen atoms in total. The van der Waals surface area contributed by atoms with Gasteiger partial charge in [-0.05, 0) is 37.0 Å². The second kappa shape index (κ2) is 8.46. The molecule has 0 bridgehead atoms. The quantitative estimate of drug-likeness (QED) is 0.644. The number of para-hydroxylation sites is 1. The Morgan fingerprint density at radius 3 is 2.68 bits per heavy atom. The maximum Gasteiger partial charge on any atom is 0.251 e. The molecule has 1 aliphatic carbocycles. The number of carbonyl (C=O) groups is 1. The van der Waals surface area contributed by atoms with E-state index in [1.807, 2.05) is 36.5 Å². The van der Waals surface area contributed by atoms with Crippen molar-refractivity contribution in [2.24, 2.45) is 5.92 Å². The van der Waals surface area contributed by atoms with E-state index < -0.39 is 0 Å². The van der Waals surface area contributed by atoms with Crippen LogP contribution in [0.4, 0.5) is 0 Å². The molecule has 4 rings (SSSR count). The van der Waals surface area contributed by atoms with E-state index in [1.54, 1.807) is 16.8 Å². The van der Waals surface area contributed by atoms with Crippen molar-refractivity contribution in [3.63, 3.8) is 0 Å². The molecule has 3 aromatic rings. The summed E-state index contributed by atoms with van der Waals surface area (Å²) < 4.78 is 1.80. The zero-order valence-corrected chi connectivity index (χ0v) is 16.1. The van der Waals surface area contributed by atoms with E-state index in [2.05, 4.69) is 10.4 Å². The lowest BCUT2D eigenvalue weighted by molar-refractivity contribution is 0.0946. The van der Waals surface area contributed by atoms with Gasteiger partial charge in [0.15, 0.2) is 0 Å². The average molecular weight is 377 g/mol. The highest BCUT2D eigenvalue weighted by atomic mass is 16.3. The number of nitrogens with zero attached hydrogens (tertiary/aromatic N) is 2. The van der Waals surface area contributed by atoms with E-state index in [4.69, 9.17) is 0 Å². The molecule has 0 saturated heterocycles. The molecule has 0 spiro atoms. The summed E-state index contributed by atoms with van der Waals surface area (Å²) in [7, 11) is 0. The molecule has 5 heteroatoms. The Morgan fingerprint density at radius 1 is 1.11 bits per heavy atom. The summed E-state index contributed by atoms with van der Waals surface area (Å²) in [5.41, 5.74) is 2.25. The molecule has 1 saturated carbocycles. The van der Waals surface area contributed by atoms with Crippen molar-refractivity contribution >= 4 is 16.8 Å². The van der Waals surface area contributed by atoms with Crippen LogP contribution in [0.2, 0.25) is 0 Å². The highest BCUT2D eigenvalue weighted by Gasteiger charge is 2.15. The van der Waals surface area contributed by atoms with E-state index >= 15 is 0 Å². The molecule has 2 N–H and O–H groups in total. The molecule has 1 heterocycles. The number of nitrogens with one attached hydrogen (secondary N) is 1. The Labute approximate surface area is 165 Å². The van der Waals surface area contributed by atoms with Crippen LogP contribution < -0.4 is 5.32 Å². The molecule has 0 atom stereocenters. The van der Waals surface area contributed by atoms with Gasteiger partial charge in [0.05, 0.1) is 12.1 Å². The Balaban J connectivity index is 1.43. The summed E-state index contributed by atoms with van der Waals surface area (Å²) in [6.45, 7) is 1.25. The van der Waals surface area contributed by atoms with Crippen LogP contribution in [0.5, 0.6) is 5.75 Å². The number of carbonyl (C=O) groups excluding carboxylic acids is 1. The van der Waals surface area contributed by atoms with Crippen molar-refractivity contribution < 1.29 is 9.90 Å². The fourth-order valence-corrected chi connectivity index (χ4v) is 4.02. The van der Waals surface area contributed by atoms with Crippen LogP contribution in [0, 0.1) is 5.92 Å². The zero-order valence-electron chi connectivity index (χ0n) is 16.1. The number of phenolic OH excluding ortho intramolecular Hbond substituents is 1. The molecule has 0 unspecified atom stereocenters. The van der Waals surface area contributed by atoms with Crippen molar-refractivity contribution in [3.8, 4) is 5.75 Å². The Hall–Kier alpha value is -2.82. The fraction of sp³-hybridized carbons (Fsp3) is 0.391. The summed E-state index contributed by atoms with van der Waals surface area (Å²) in [6.07, 6.45) is 9.58. The van der Waals surface area contributed by atoms with Gasteiger partial charge in [-0.1, -0.05) is 49.9 Å².